The average molecular weight is 534 g/mol. The number of amides is 1. The van der Waals surface area contributed by atoms with Crippen LogP contribution in [0, 0.1) is 0 Å². The van der Waals surface area contributed by atoms with Crippen LogP contribution in [0.25, 0.3) is 27.5 Å². The molecule has 2 N–H and O–H groups in total. The summed E-state index contributed by atoms with van der Waals surface area (Å²) in [7, 11) is 0. The van der Waals surface area contributed by atoms with Gasteiger partial charge in [-0.1, -0.05) is 19.9 Å². The number of thiophene rings is 1. The Morgan fingerprint density at radius 3 is 2.68 bits per heavy atom. The van der Waals surface area contributed by atoms with Gasteiger partial charge in [-0.15, -0.1) is 11.3 Å². The zero-order valence-corrected chi connectivity index (χ0v) is 22.5. The van der Waals surface area contributed by atoms with Gasteiger partial charge in [-0.05, 0) is 56.1 Å². The normalized spacial score (nSPS) is 16.0. The van der Waals surface area contributed by atoms with Gasteiger partial charge in [0.15, 0.2) is 5.65 Å². The van der Waals surface area contributed by atoms with Crippen molar-refractivity contribution in [3.8, 4) is 21.8 Å². The molecule has 11 heteroatoms. The number of likely N-dealkylation sites (N-methyl/N-ethyl adjacent to an activating group) is 1. The van der Waals surface area contributed by atoms with E-state index in [1.165, 1.54) is 0 Å². The Balaban J connectivity index is 1.52. The number of nitrogens with zero attached hydrogens (tertiary/aromatic N) is 6. The van der Waals surface area contributed by atoms with E-state index in [0.717, 1.165) is 23.7 Å². The summed E-state index contributed by atoms with van der Waals surface area (Å²) in [6.07, 6.45) is 4.07. The Kier molecular flexibility index (Phi) is 7.39. The van der Waals surface area contributed by atoms with Crippen molar-refractivity contribution in [2.24, 2.45) is 0 Å². The van der Waals surface area contributed by atoms with E-state index in [4.69, 9.17) is 9.97 Å². The molecule has 1 saturated heterocycles. The highest BCUT2D eigenvalue weighted by Gasteiger charge is 2.35. The Morgan fingerprint density at radius 2 is 2.03 bits per heavy atom. The van der Waals surface area contributed by atoms with Crippen LogP contribution in [0.15, 0.2) is 48.1 Å². The van der Waals surface area contributed by atoms with Gasteiger partial charge in [0.1, 0.15) is 11.9 Å². The van der Waals surface area contributed by atoms with Crippen molar-refractivity contribution in [1.82, 2.24) is 29.8 Å². The monoisotopic (exact) mass is 533 g/mol. The first-order valence-electron chi connectivity index (χ1n) is 12.8. The number of anilines is 1. The summed E-state index contributed by atoms with van der Waals surface area (Å²) < 4.78 is 1.68. The lowest BCUT2D eigenvalue weighted by molar-refractivity contribution is -0.140. The molecule has 1 amide bonds. The number of carbonyl (C=O) groups excluding carboxylic acids is 1. The number of aromatic nitrogens is 4. The summed E-state index contributed by atoms with van der Waals surface area (Å²) in [6.45, 7) is 9.15. The summed E-state index contributed by atoms with van der Waals surface area (Å²) in [6, 6.07) is 8.82. The number of hydrogen-bond acceptors (Lipinski definition) is 8. The van der Waals surface area contributed by atoms with Crippen LogP contribution in [0.2, 0.25) is 0 Å². The van der Waals surface area contributed by atoms with E-state index >= 15 is 0 Å². The summed E-state index contributed by atoms with van der Waals surface area (Å²) in [4.78, 5) is 39.7. The molecule has 4 aromatic rings. The molecule has 0 bridgehead atoms. The fourth-order valence-electron chi connectivity index (χ4n) is 4.78. The molecule has 198 valence electrons. The Hall–Kier alpha value is -3.83. The SMILES string of the molecule is CCN(CC)C(C)CNC(=O)c1cc(-c2cnn3ccc(-c4cccs4)nc23)nc(N2CC[C@H]2C(=O)O)c1. The summed E-state index contributed by atoms with van der Waals surface area (Å²) in [5.74, 6) is -0.678. The molecule has 1 aliphatic rings. The summed E-state index contributed by atoms with van der Waals surface area (Å²) in [5, 5.41) is 19.1. The second-order valence-electron chi connectivity index (χ2n) is 9.33. The van der Waals surface area contributed by atoms with E-state index in [1.807, 2.05) is 29.8 Å². The molecule has 0 aliphatic carbocycles. The molecule has 10 nitrogen and oxygen atoms in total. The second-order valence-corrected chi connectivity index (χ2v) is 10.3. The number of aliphatic carboxylic acids is 1. The maximum Gasteiger partial charge on any atom is 0.326 e. The summed E-state index contributed by atoms with van der Waals surface area (Å²) in [5.41, 5.74) is 3.04. The molecule has 5 heterocycles. The van der Waals surface area contributed by atoms with E-state index < -0.39 is 12.0 Å². The number of hydrogen-bond donors (Lipinski definition) is 2. The molecule has 0 saturated carbocycles. The molecule has 4 aromatic heterocycles. The Morgan fingerprint density at radius 1 is 1.21 bits per heavy atom. The topological polar surface area (TPSA) is 116 Å². The first kappa shape index (κ1) is 25.8. The van der Waals surface area contributed by atoms with E-state index in [1.54, 1.807) is 39.1 Å². The molecular formula is C27H31N7O3S. The number of rotatable bonds is 10. The molecule has 1 aliphatic heterocycles. The number of carboxylic acid groups (broad SMARTS) is 1. The van der Waals surface area contributed by atoms with Crippen molar-refractivity contribution < 1.29 is 14.7 Å². The third-order valence-electron chi connectivity index (χ3n) is 7.09. The lowest BCUT2D eigenvalue weighted by Crippen LogP contribution is -2.53. The molecule has 2 atom stereocenters. The number of carbonyl (C=O) groups is 2. The van der Waals surface area contributed by atoms with Crippen LogP contribution < -0.4 is 10.2 Å². The molecule has 1 fully saturated rings. The summed E-state index contributed by atoms with van der Waals surface area (Å²) >= 11 is 1.60. The van der Waals surface area contributed by atoms with Gasteiger partial charge in [0.05, 0.1) is 28.0 Å². The molecule has 0 spiro atoms. The molecule has 38 heavy (non-hydrogen) atoms. The van der Waals surface area contributed by atoms with Gasteiger partial charge in [0.2, 0.25) is 0 Å². The van der Waals surface area contributed by atoms with Crippen LogP contribution in [0.3, 0.4) is 0 Å². The van der Waals surface area contributed by atoms with Crippen molar-refractivity contribution in [1.29, 1.82) is 0 Å². The Labute approximate surface area is 224 Å². The van der Waals surface area contributed by atoms with E-state index in [-0.39, 0.29) is 11.9 Å². The van der Waals surface area contributed by atoms with Gasteiger partial charge in [-0.2, -0.15) is 5.10 Å². The first-order valence-corrected chi connectivity index (χ1v) is 13.7. The fourth-order valence-corrected chi connectivity index (χ4v) is 5.48. The van der Waals surface area contributed by atoms with Crippen LogP contribution in [0.4, 0.5) is 5.82 Å². The highest BCUT2D eigenvalue weighted by atomic mass is 32.1. The maximum atomic E-state index is 13.3. The average Bonchev–Trinajstić information content (AvgIpc) is 3.57. The smallest absolute Gasteiger partial charge is 0.326 e. The minimum atomic E-state index is -0.902. The fraction of sp³-hybridized carbons (Fsp3) is 0.370. The van der Waals surface area contributed by atoms with Gasteiger partial charge in [-0.25, -0.2) is 19.3 Å². The number of pyridine rings is 1. The van der Waals surface area contributed by atoms with Gasteiger partial charge in [0, 0.05) is 30.9 Å². The standard InChI is InChI=1S/C27H31N7O3S/c1-4-32(5-2)17(3)15-28-26(35)18-13-21(30-24(14-18)33-10-9-22(33)27(36)37)19-16-29-34-11-8-20(31-25(19)34)23-7-6-12-38-23/h6-8,11-14,16-17,22H,4-5,9-10,15H2,1-3H3,(H,28,35)(H,36,37)/t17?,22-/m0/s1. The van der Waals surface area contributed by atoms with Crippen LogP contribution in [0.5, 0.6) is 0 Å². The van der Waals surface area contributed by atoms with Crippen molar-refractivity contribution in [3.63, 3.8) is 0 Å². The predicted octanol–water partition coefficient (Wildman–Crippen LogP) is 3.64. The van der Waals surface area contributed by atoms with Crippen molar-refractivity contribution in [2.45, 2.75) is 39.3 Å². The largest absolute Gasteiger partial charge is 0.480 e. The zero-order chi connectivity index (χ0) is 26.8. The first-order chi connectivity index (χ1) is 18.4. The van der Waals surface area contributed by atoms with Crippen LogP contribution in [-0.4, -0.2) is 79.7 Å². The van der Waals surface area contributed by atoms with Gasteiger partial charge < -0.3 is 15.3 Å². The lowest BCUT2D eigenvalue weighted by atomic mass is 10.0. The zero-order valence-electron chi connectivity index (χ0n) is 21.7. The third kappa shape index (κ3) is 4.99. The van der Waals surface area contributed by atoms with Gasteiger partial charge in [-0.3, -0.25) is 9.69 Å². The molecule has 0 radical (unpaired) electrons. The van der Waals surface area contributed by atoms with Crippen molar-refractivity contribution in [3.05, 3.63) is 53.7 Å². The van der Waals surface area contributed by atoms with Gasteiger partial charge in [0.25, 0.3) is 5.91 Å². The number of fused-ring (bicyclic) bond motifs is 1. The Bertz CT molecular complexity index is 1450. The number of carboxylic acids is 1. The minimum absolute atomic E-state index is 0.181. The van der Waals surface area contributed by atoms with E-state index in [9.17, 15) is 14.7 Å². The number of nitrogens with one attached hydrogen (secondary N) is 1. The lowest BCUT2D eigenvalue weighted by Gasteiger charge is -2.39. The van der Waals surface area contributed by atoms with Crippen molar-refractivity contribution in [2.75, 3.05) is 31.1 Å². The second kappa shape index (κ2) is 10.9. The van der Waals surface area contributed by atoms with Crippen LogP contribution in [-0.2, 0) is 4.79 Å². The highest BCUT2D eigenvalue weighted by Crippen LogP contribution is 2.31. The third-order valence-corrected chi connectivity index (χ3v) is 7.98. The van der Waals surface area contributed by atoms with Crippen LogP contribution in [0.1, 0.15) is 37.6 Å². The van der Waals surface area contributed by atoms with Crippen LogP contribution >= 0.6 is 11.3 Å². The minimum Gasteiger partial charge on any atom is -0.480 e. The molecule has 5 rings (SSSR count). The molecule has 1 unspecified atom stereocenters. The predicted molar refractivity (Wildman–Crippen MR) is 148 cm³/mol. The van der Waals surface area contributed by atoms with Crippen molar-refractivity contribution >= 4 is 34.7 Å². The van der Waals surface area contributed by atoms with E-state index in [0.29, 0.717) is 47.8 Å². The molecular weight excluding hydrogens is 502 g/mol. The quantitative estimate of drug-likeness (QED) is 0.317. The van der Waals surface area contributed by atoms with Gasteiger partial charge >= 0.3 is 5.97 Å². The highest BCUT2D eigenvalue weighted by molar-refractivity contribution is 7.13. The van der Waals surface area contributed by atoms with E-state index in [2.05, 4.69) is 36.1 Å². The maximum absolute atomic E-state index is 13.3. The molecule has 0 aromatic carbocycles.